The van der Waals surface area contributed by atoms with Crippen LogP contribution >= 0.6 is 10.7 Å². The average Bonchev–Trinajstić information content (AvgIpc) is 2.80. The lowest BCUT2D eigenvalue weighted by molar-refractivity contribution is 0.605. The highest BCUT2D eigenvalue weighted by atomic mass is 35.7. The van der Waals surface area contributed by atoms with Gasteiger partial charge in [-0.15, -0.1) is 0 Å². The van der Waals surface area contributed by atoms with Gasteiger partial charge in [0.1, 0.15) is 11.3 Å². The van der Waals surface area contributed by atoms with Gasteiger partial charge in [-0.1, -0.05) is 6.07 Å². The number of hydrogen-bond donors (Lipinski definition) is 0. The van der Waals surface area contributed by atoms with E-state index in [0.717, 1.165) is 0 Å². The summed E-state index contributed by atoms with van der Waals surface area (Å²) in [6, 6.07) is 9.88. The predicted octanol–water partition coefficient (Wildman–Crippen LogP) is 3.56. The van der Waals surface area contributed by atoms with Gasteiger partial charge < -0.3 is 4.42 Å². The Balaban J connectivity index is 2.16. The number of benzene rings is 2. The van der Waals surface area contributed by atoms with Crippen molar-refractivity contribution in [2.45, 2.75) is 4.90 Å². The summed E-state index contributed by atoms with van der Waals surface area (Å²) < 4.78 is 41.1. The number of oxazole rings is 1. The van der Waals surface area contributed by atoms with E-state index in [4.69, 9.17) is 15.1 Å². The van der Waals surface area contributed by atoms with Crippen molar-refractivity contribution in [2.75, 3.05) is 0 Å². The van der Waals surface area contributed by atoms with Crippen LogP contribution in [0.4, 0.5) is 4.39 Å². The Morgan fingerprint density at radius 3 is 2.65 bits per heavy atom. The minimum Gasteiger partial charge on any atom is -0.436 e. The lowest BCUT2D eigenvalue weighted by Gasteiger charge is -1.94. The Morgan fingerprint density at radius 2 is 1.95 bits per heavy atom. The van der Waals surface area contributed by atoms with Gasteiger partial charge in [-0.25, -0.2) is 17.8 Å². The van der Waals surface area contributed by atoms with E-state index >= 15 is 0 Å². The highest BCUT2D eigenvalue weighted by Gasteiger charge is 2.14. The topological polar surface area (TPSA) is 60.2 Å². The van der Waals surface area contributed by atoms with Gasteiger partial charge in [0.25, 0.3) is 9.05 Å². The molecule has 0 spiro atoms. The Hall–Kier alpha value is -1.92. The first kappa shape index (κ1) is 13.1. The van der Waals surface area contributed by atoms with Gasteiger partial charge in [0.2, 0.25) is 5.89 Å². The van der Waals surface area contributed by atoms with E-state index in [1.165, 1.54) is 36.4 Å². The third kappa shape index (κ3) is 2.39. The first-order valence-electron chi connectivity index (χ1n) is 5.55. The van der Waals surface area contributed by atoms with Crippen LogP contribution in [0.1, 0.15) is 0 Å². The van der Waals surface area contributed by atoms with Crippen molar-refractivity contribution in [3.05, 3.63) is 48.3 Å². The summed E-state index contributed by atoms with van der Waals surface area (Å²) in [5, 5.41) is 0. The maximum absolute atomic E-state index is 13.2. The van der Waals surface area contributed by atoms with Gasteiger partial charge in [0, 0.05) is 22.3 Å². The monoisotopic (exact) mass is 311 g/mol. The molecular weight excluding hydrogens is 305 g/mol. The number of hydrogen-bond acceptors (Lipinski definition) is 4. The fourth-order valence-corrected chi connectivity index (χ4v) is 2.57. The highest BCUT2D eigenvalue weighted by molar-refractivity contribution is 8.13. The zero-order chi connectivity index (χ0) is 14.3. The molecule has 0 radical (unpaired) electrons. The lowest BCUT2D eigenvalue weighted by Crippen LogP contribution is -1.88. The molecule has 4 nitrogen and oxygen atoms in total. The molecule has 20 heavy (non-hydrogen) atoms. The molecule has 0 unspecified atom stereocenters. The normalized spacial score (nSPS) is 11.9. The second-order valence-corrected chi connectivity index (χ2v) is 6.66. The van der Waals surface area contributed by atoms with E-state index in [1.807, 2.05) is 0 Å². The second kappa shape index (κ2) is 4.57. The zero-order valence-corrected chi connectivity index (χ0v) is 11.5. The Bertz CT molecular complexity index is 905. The summed E-state index contributed by atoms with van der Waals surface area (Å²) >= 11 is 0. The molecule has 2 aromatic carbocycles. The third-order valence-corrected chi connectivity index (χ3v) is 4.06. The van der Waals surface area contributed by atoms with Crippen molar-refractivity contribution >= 4 is 30.8 Å². The molecule has 3 aromatic rings. The fourth-order valence-electron chi connectivity index (χ4n) is 1.80. The number of nitrogens with zero attached hydrogens (tertiary/aromatic N) is 1. The van der Waals surface area contributed by atoms with Crippen molar-refractivity contribution in [3.63, 3.8) is 0 Å². The molecule has 0 saturated heterocycles. The molecule has 0 aliphatic heterocycles. The maximum atomic E-state index is 13.2. The van der Waals surface area contributed by atoms with Gasteiger partial charge in [0.05, 0.1) is 4.90 Å². The van der Waals surface area contributed by atoms with Crippen LogP contribution < -0.4 is 0 Å². The lowest BCUT2D eigenvalue weighted by atomic mass is 10.2. The molecule has 7 heteroatoms. The van der Waals surface area contributed by atoms with Crippen molar-refractivity contribution in [2.24, 2.45) is 0 Å². The largest absolute Gasteiger partial charge is 0.436 e. The fraction of sp³-hybridized carbons (Fsp3) is 0. The van der Waals surface area contributed by atoms with Gasteiger partial charge in [-0.05, 0) is 30.3 Å². The molecule has 0 bridgehead atoms. The molecule has 0 saturated carbocycles. The molecule has 0 aliphatic rings. The number of halogens is 2. The molecule has 1 heterocycles. The van der Waals surface area contributed by atoms with Crippen LogP contribution in [0.3, 0.4) is 0 Å². The van der Waals surface area contributed by atoms with Crippen molar-refractivity contribution in [1.29, 1.82) is 0 Å². The quantitative estimate of drug-likeness (QED) is 0.679. The van der Waals surface area contributed by atoms with Gasteiger partial charge in [-0.2, -0.15) is 0 Å². The van der Waals surface area contributed by atoms with Gasteiger partial charge in [0.15, 0.2) is 5.58 Å². The molecule has 1 aromatic heterocycles. The van der Waals surface area contributed by atoms with Crippen molar-refractivity contribution in [3.8, 4) is 11.5 Å². The predicted molar refractivity (Wildman–Crippen MR) is 72.4 cm³/mol. The van der Waals surface area contributed by atoms with E-state index in [2.05, 4.69) is 4.98 Å². The first-order chi connectivity index (χ1) is 9.43. The standard InChI is InChI=1S/C13H7ClFNO3S/c14-20(17,18)10-4-5-11-12(7-10)19-13(16-11)8-2-1-3-9(15)6-8/h1-7H. The first-order valence-corrected chi connectivity index (χ1v) is 7.85. The van der Waals surface area contributed by atoms with E-state index in [1.54, 1.807) is 6.07 Å². The van der Waals surface area contributed by atoms with Crippen LogP contribution in [0, 0.1) is 5.82 Å². The van der Waals surface area contributed by atoms with Crippen LogP contribution in [0.2, 0.25) is 0 Å². The summed E-state index contributed by atoms with van der Waals surface area (Å²) in [5.41, 5.74) is 1.20. The summed E-state index contributed by atoms with van der Waals surface area (Å²) in [4.78, 5) is 4.10. The number of rotatable bonds is 2. The SMILES string of the molecule is O=S(=O)(Cl)c1ccc2nc(-c3cccc(F)c3)oc2c1. The second-order valence-electron chi connectivity index (χ2n) is 4.10. The molecular formula is C13H7ClFNO3S. The van der Waals surface area contributed by atoms with Crippen LogP contribution in [-0.4, -0.2) is 13.4 Å². The van der Waals surface area contributed by atoms with Gasteiger partial charge in [-0.3, -0.25) is 0 Å². The summed E-state index contributed by atoms with van der Waals surface area (Å²) in [6.45, 7) is 0. The molecule has 0 N–H and O–H groups in total. The number of aromatic nitrogens is 1. The average molecular weight is 312 g/mol. The van der Waals surface area contributed by atoms with Gasteiger partial charge >= 0.3 is 0 Å². The van der Waals surface area contributed by atoms with Crippen LogP contribution in [-0.2, 0) is 9.05 Å². The summed E-state index contributed by atoms with van der Waals surface area (Å²) in [6.07, 6.45) is 0. The molecule has 102 valence electrons. The smallest absolute Gasteiger partial charge is 0.261 e. The van der Waals surface area contributed by atoms with E-state index in [9.17, 15) is 12.8 Å². The van der Waals surface area contributed by atoms with Crippen LogP contribution in [0.25, 0.3) is 22.6 Å². The highest BCUT2D eigenvalue weighted by Crippen LogP contribution is 2.27. The minimum absolute atomic E-state index is 0.0754. The van der Waals surface area contributed by atoms with E-state index in [-0.39, 0.29) is 16.4 Å². The maximum Gasteiger partial charge on any atom is 0.261 e. The van der Waals surface area contributed by atoms with Crippen LogP contribution in [0.5, 0.6) is 0 Å². The molecule has 0 amide bonds. The molecule has 0 atom stereocenters. The zero-order valence-electron chi connectivity index (χ0n) is 9.88. The van der Waals surface area contributed by atoms with Crippen molar-refractivity contribution in [1.82, 2.24) is 4.98 Å². The van der Waals surface area contributed by atoms with E-state index in [0.29, 0.717) is 11.1 Å². The summed E-state index contributed by atoms with van der Waals surface area (Å²) in [5.74, 6) is -0.197. The van der Waals surface area contributed by atoms with Crippen LogP contribution in [0.15, 0.2) is 51.8 Å². The molecule has 3 rings (SSSR count). The Labute approximate surface area is 118 Å². The van der Waals surface area contributed by atoms with E-state index < -0.39 is 14.9 Å². The molecule has 0 aliphatic carbocycles. The Kier molecular flexibility index (Phi) is 2.99. The van der Waals surface area contributed by atoms with Crippen molar-refractivity contribution < 1.29 is 17.2 Å². The third-order valence-electron chi connectivity index (χ3n) is 2.71. The Morgan fingerprint density at radius 1 is 1.15 bits per heavy atom. The molecule has 0 fully saturated rings. The minimum atomic E-state index is -3.83. The summed E-state index contributed by atoms with van der Waals surface area (Å²) in [7, 11) is 1.43. The number of fused-ring (bicyclic) bond motifs is 1.